The van der Waals surface area contributed by atoms with Crippen LogP contribution in [0.1, 0.15) is 39.5 Å². The van der Waals surface area contributed by atoms with Gasteiger partial charge in [-0.1, -0.05) is 20.3 Å². The zero-order valence-electron chi connectivity index (χ0n) is 9.50. The fraction of sp³-hybridized carbons (Fsp3) is 1.00. The van der Waals surface area contributed by atoms with E-state index in [1.807, 2.05) is 0 Å². The van der Waals surface area contributed by atoms with Gasteiger partial charge in [0.2, 0.25) is 0 Å². The van der Waals surface area contributed by atoms with Crippen molar-refractivity contribution in [2.75, 3.05) is 19.8 Å². The molecule has 0 saturated heterocycles. The van der Waals surface area contributed by atoms with E-state index in [9.17, 15) is 0 Å². The molecule has 0 aliphatic heterocycles. The normalized spacial score (nSPS) is 15.4. The van der Waals surface area contributed by atoms with Gasteiger partial charge in [-0.25, -0.2) is 0 Å². The van der Waals surface area contributed by atoms with Crippen molar-refractivity contribution in [1.82, 2.24) is 5.32 Å². The molecule has 0 fully saturated rings. The molecule has 0 heterocycles. The van der Waals surface area contributed by atoms with Crippen LogP contribution in [-0.4, -0.2) is 36.0 Å². The molecule has 0 aromatic carbocycles. The zero-order valence-corrected chi connectivity index (χ0v) is 9.50. The Labute approximate surface area is 87.5 Å². The first kappa shape index (κ1) is 13.9. The Morgan fingerprint density at radius 1 is 1.07 bits per heavy atom. The van der Waals surface area contributed by atoms with Gasteiger partial charge in [0.05, 0.1) is 6.61 Å². The lowest BCUT2D eigenvalue weighted by atomic mass is 10.0. The van der Waals surface area contributed by atoms with Gasteiger partial charge in [-0.3, -0.25) is 0 Å². The van der Waals surface area contributed by atoms with Gasteiger partial charge in [0.1, 0.15) is 0 Å². The molecule has 3 heteroatoms. The zero-order chi connectivity index (χ0) is 10.8. The minimum Gasteiger partial charge on any atom is -0.396 e. The Kier molecular flexibility index (Phi) is 9.35. The summed E-state index contributed by atoms with van der Waals surface area (Å²) in [5.41, 5.74) is 0. The van der Waals surface area contributed by atoms with Gasteiger partial charge in [-0.05, 0) is 31.7 Å². The maximum absolute atomic E-state index is 8.97. The predicted molar refractivity (Wildman–Crippen MR) is 59.3 cm³/mol. The van der Waals surface area contributed by atoms with Crippen molar-refractivity contribution in [3.05, 3.63) is 0 Å². The molecule has 0 spiro atoms. The smallest absolute Gasteiger partial charge is 0.0584 e. The average molecular weight is 203 g/mol. The average Bonchev–Trinajstić information content (AvgIpc) is 2.24. The quantitative estimate of drug-likeness (QED) is 0.493. The van der Waals surface area contributed by atoms with Gasteiger partial charge in [0.25, 0.3) is 0 Å². The number of hydrogen-bond donors (Lipinski definition) is 3. The van der Waals surface area contributed by atoms with Gasteiger partial charge < -0.3 is 15.5 Å². The van der Waals surface area contributed by atoms with E-state index in [-0.39, 0.29) is 12.6 Å². The molecule has 3 N–H and O–H groups in total. The predicted octanol–water partition coefficient (Wildman–Crippen LogP) is 1.15. The highest BCUT2D eigenvalue weighted by Crippen LogP contribution is 2.08. The van der Waals surface area contributed by atoms with E-state index in [0.717, 1.165) is 32.2 Å². The molecular formula is C11H25NO2. The molecule has 3 nitrogen and oxygen atoms in total. The monoisotopic (exact) mass is 203 g/mol. The van der Waals surface area contributed by atoms with Crippen molar-refractivity contribution >= 4 is 0 Å². The molecule has 0 aromatic rings. The van der Waals surface area contributed by atoms with E-state index in [1.54, 1.807) is 0 Å². The van der Waals surface area contributed by atoms with E-state index in [0.29, 0.717) is 12.5 Å². The van der Waals surface area contributed by atoms with E-state index >= 15 is 0 Å². The summed E-state index contributed by atoms with van der Waals surface area (Å²) < 4.78 is 0. The van der Waals surface area contributed by atoms with Crippen LogP contribution >= 0.6 is 0 Å². The highest BCUT2D eigenvalue weighted by atomic mass is 16.3. The first-order valence-electron chi connectivity index (χ1n) is 5.73. The second-order valence-corrected chi connectivity index (χ2v) is 3.84. The highest BCUT2D eigenvalue weighted by molar-refractivity contribution is 4.63. The van der Waals surface area contributed by atoms with E-state index < -0.39 is 0 Å². The third-order valence-electron chi connectivity index (χ3n) is 2.77. The van der Waals surface area contributed by atoms with Crippen molar-refractivity contribution in [1.29, 1.82) is 0 Å². The van der Waals surface area contributed by atoms with Gasteiger partial charge in [-0.15, -0.1) is 0 Å². The second kappa shape index (κ2) is 9.44. The van der Waals surface area contributed by atoms with Crippen LogP contribution in [0.5, 0.6) is 0 Å². The molecule has 0 bridgehead atoms. The van der Waals surface area contributed by atoms with Crippen LogP contribution in [0.25, 0.3) is 0 Å². The van der Waals surface area contributed by atoms with E-state index in [4.69, 9.17) is 10.2 Å². The molecule has 0 aliphatic carbocycles. The molecule has 0 aliphatic rings. The van der Waals surface area contributed by atoms with Crippen molar-refractivity contribution in [2.45, 2.75) is 45.6 Å². The standard InChI is InChI=1S/C11H25NO2/c1-3-10(8-13)6-5-7-12-11(4-2)9-14/h10-14H,3-9H2,1-2H3/t10-,11+/m1/s1. The number of nitrogens with one attached hydrogen (secondary N) is 1. The third-order valence-corrected chi connectivity index (χ3v) is 2.77. The van der Waals surface area contributed by atoms with Crippen molar-refractivity contribution in [3.8, 4) is 0 Å². The molecular weight excluding hydrogens is 178 g/mol. The third kappa shape index (κ3) is 6.35. The lowest BCUT2D eigenvalue weighted by Crippen LogP contribution is -2.32. The molecule has 0 aromatic heterocycles. The summed E-state index contributed by atoms with van der Waals surface area (Å²) in [4.78, 5) is 0. The number of hydrogen-bond acceptors (Lipinski definition) is 3. The lowest BCUT2D eigenvalue weighted by molar-refractivity contribution is 0.208. The summed E-state index contributed by atoms with van der Waals surface area (Å²) in [6.45, 7) is 5.63. The Morgan fingerprint density at radius 2 is 1.79 bits per heavy atom. The fourth-order valence-corrected chi connectivity index (χ4v) is 1.46. The van der Waals surface area contributed by atoms with Crippen LogP contribution in [0.3, 0.4) is 0 Å². The molecule has 2 atom stereocenters. The lowest BCUT2D eigenvalue weighted by Gasteiger charge is -2.15. The largest absolute Gasteiger partial charge is 0.396 e. The Morgan fingerprint density at radius 3 is 2.21 bits per heavy atom. The molecule has 14 heavy (non-hydrogen) atoms. The van der Waals surface area contributed by atoms with E-state index in [2.05, 4.69) is 19.2 Å². The SMILES string of the molecule is CC[C@@H](CO)CCCN[C@@H](CC)CO. The minimum absolute atomic E-state index is 0.216. The van der Waals surface area contributed by atoms with Crippen LogP contribution in [0.4, 0.5) is 0 Å². The van der Waals surface area contributed by atoms with Crippen LogP contribution in [0.15, 0.2) is 0 Å². The van der Waals surface area contributed by atoms with Gasteiger partial charge in [0.15, 0.2) is 0 Å². The molecule has 0 unspecified atom stereocenters. The molecule has 0 amide bonds. The summed E-state index contributed by atoms with van der Waals surface area (Å²) in [7, 11) is 0. The molecule has 86 valence electrons. The van der Waals surface area contributed by atoms with Gasteiger partial charge >= 0.3 is 0 Å². The number of aliphatic hydroxyl groups is 2. The number of aliphatic hydroxyl groups excluding tert-OH is 2. The summed E-state index contributed by atoms with van der Waals surface area (Å²) in [5.74, 6) is 0.450. The van der Waals surface area contributed by atoms with Crippen molar-refractivity contribution in [2.24, 2.45) is 5.92 Å². The minimum atomic E-state index is 0.216. The summed E-state index contributed by atoms with van der Waals surface area (Å²) >= 11 is 0. The first-order valence-corrected chi connectivity index (χ1v) is 5.73. The fourth-order valence-electron chi connectivity index (χ4n) is 1.46. The molecule has 0 saturated carbocycles. The maximum atomic E-state index is 8.97. The van der Waals surface area contributed by atoms with E-state index in [1.165, 1.54) is 0 Å². The van der Waals surface area contributed by atoms with Crippen LogP contribution in [0, 0.1) is 5.92 Å². The van der Waals surface area contributed by atoms with Crippen molar-refractivity contribution in [3.63, 3.8) is 0 Å². The highest BCUT2D eigenvalue weighted by Gasteiger charge is 2.05. The second-order valence-electron chi connectivity index (χ2n) is 3.84. The summed E-state index contributed by atoms with van der Waals surface area (Å²) in [6, 6.07) is 0.240. The Hall–Kier alpha value is -0.120. The van der Waals surface area contributed by atoms with Crippen LogP contribution in [0.2, 0.25) is 0 Å². The molecule has 0 rings (SSSR count). The Balaban J connectivity index is 3.35. The van der Waals surface area contributed by atoms with Crippen LogP contribution < -0.4 is 5.32 Å². The van der Waals surface area contributed by atoms with Crippen LogP contribution in [-0.2, 0) is 0 Å². The van der Waals surface area contributed by atoms with Gasteiger partial charge in [-0.2, -0.15) is 0 Å². The summed E-state index contributed by atoms with van der Waals surface area (Å²) in [5, 5.41) is 21.2. The summed E-state index contributed by atoms with van der Waals surface area (Å²) in [6.07, 6.45) is 4.17. The van der Waals surface area contributed by atoms with Crippen molar-refractivity contribution < 1.29 is 10.2 Å². The first-order chi connectivity index (χ1) is 6.78. The Bertz CT molecular complexity index is 97.9. The molecule has 0 radical (unpaired) electrons. The maximum Gasteiger partial charge on any atom is 0.0584 e. The van der Waals surface area contributed by atoms with Gasteiger partial charge in [0, 0.05) is 12.6 Å². The topological polar surface area (TPSA) is 52.5 Å². The number of rotatable bonds is 9.